The third kappa shape index (κ3) is 5.81. The molecule has 250 valence electrons. The molecule has 1 atom stereocenters. The smallest absolute Gasteiger partial charge is 0.164 e. The number of allylic oxidation sites excluding steroid dienone is 4. The molecule has 4 nitrogen and oxygen atoms in total. The van der Waals surface area contributed by atoms with Crippen LogP contribution in [-0.4, -0.2) is 15.0 Å². The summed E-state index contributed by atoms with van der Waals surface area (Å²) in [4.78, 5) is 15.1. The number of aromatic nitrogens is 3. The second-order valence-electron chi connectivity index (χ2n) is 13.6. The van der Waals surface area contributed by atoms with E-state index >= 15 is 0 Å². The first-order chi connectivity index (χ1) is 26.2. The highest BCUT2D eigenvalue weighted by Gasteiger charge is 2.19. The number of furan rings is 1. The molecule has 1 aliphatic carbocycles. The highest BCUT2D eigenvalue weighted by Crippen LogP contribution is 2.39. The van der Waals surface area contributed by atoms with Crippen molar-refractivity contribution < 1.29 is 4.42 Å². The number of hydrogen-bond acceptors (Lipinski definition) is 4. The fourth-order valence-corrected chi connectivity index (χ4v) is 7.50. The highest BCUT2D eigenvalue weighted by atomic mass is 16.3. The van der Waals surface area contributed by atoms with E-state index in [4.69, 9.17) is 19.4 Å². The maximum atomic E-state index is 6.54. The van der Waals surface area contributed by atoms with Crippen LogP contribution in [0.15, 0.2) is 186 Å². The molecule has 2 heterocycles. The van der Waals surface area contributed by atoms with Crippen LogP contribution < -0.4 is 0 Å². The van der Waals surface area contributed by atoms with Crippen LogP contribution in [0.25, 0.3) is 83.6 Å². The fraction of sp³-hybridized carbons (Fsp3) is 0.0408. The fourth-order valence-electron chi connectivity index (χ4n) is 7.50. The molecule has 0 saturated carbocycles. The Hall–Kier alpha value is -6.91. The van der Waals surface area contributed by atoms with E-state index in [0.29, 0.717) is 23.4 Å². The van der Waals surface area contributed by atoms with Crippen molar-refractivity contribution in [3.05, 3.63) is 193 Å². The van der Waals surface area contributed by atoms with Crippen molar-refractivity contribution in [3.63, 3.8) is 0 Å². The van der Waals surface area contributed by atoms with Gasteiger partial charge in [-0.1, -0.05) is 164 Å². The molecular weight excluding hydrogens is 647 g/mol. The van der Waals surface area contributed by atoms with Crippen LogP contribution in [0.3, 0.4) is 0 Å². The van der Waals surface area contributed by atoms with Gasteiger partial charge in [0.25, 0.3) is 0 Å². The first-order valence-electron chi connectivity index (χ1n) is 18.0. The van der Waals surface area contributed by atoms with Crippen molar-refractivity contribution in [1.29, 1.82) is 0 Å². The molecule has 0 bridgehead atoms. The van der Waals surface area contributed by atoms with Crippen molar-refractivity contribution in [3.8, 4) is 45.3 Å². The van der Waals surface area contributed by atoms with Gasteiger partial charge in [0, 0.05) is 33.4 Å². The lowest BCUT2D eigenvalue weighted by atomic mass is 9.87. The van der Waals surface area contributed by atoms with Crippen LogP contribution >= 0.6 is 0 Å². The second kappa shape index (κ2) is 13.0. The topological polar surface area (TPSA) is 51.8 Å². The van der Waals surface area contributed by atoms with Gasteiger partial charge in [-0.25, -0.2) is 15.0 Å². The summed E-state index contributed by atoms with van der Waals surface area (Å²) < 4.78 is 6.54. The van der Waals surface area contributed by atoms with Crippen molar-refractivity contribution >= 4 is 38.3 Å². The van der Waals surface area contributed by atoms with Crippen molar-refractivity contribution in [2.75, 3.05) is 0 Å². The molecular formula is C49H33N3O. The monoisotopic (exact) mass is 679 g/mol. The zero-order valence-electron chi connectivity index (χ0n) is 28.9. The maximum absolute atomic E-state index is 6.54. The molecule has 0 radical (unpaired) electrons. The molecule has 9 aromatic rings. The summed E-state index contributed by atoms with van der Waals surface area (Å²) in [5.41, 5.74) is 10.4. The molecule has 0 fully saturated rings. The van der Waals surface area contributed by atoms with E-state index in [0.717, 1.165) is 56.2 Å². The Kier molecular flexibility index (Phi) is 7.58. The second-order valence-corrected chi connectivity index (χ2v) is 13.6. The van der Waals surface area contributed by atoms with Crippen LogP contribution in [0.1, 0.15) is 23.5 Å². The standard InChI is InChI=1S/C49H33N3O/c1-3-10-32(11-4-1)34-22-25-38(26-23-34)48-50-47(37-13-5-2-6-14-37)51-49(52-48)43-16-9-17-44-46(43)42-29-28-41(31-45(42)53-44)36-20-18-35(19-21-36)40-27-24-33-12-7-8-15-39(33)30-40/h1-18,20-31,35H,19H2. The summed E-state index contributed by atoms with van der Waals surface area (Å²) in [7, 11) is 0. The summed E-state index contributed by atoms with van der Waals surface area (Å²) in [6.07, 6.45) is 7.88. The van der Waals surface area contributed by atoms with Gasteiger partial charge in [-0.05, 0) is 63.2 Å². The van der Waals surface area contributed by atoms with E-state index < -0.39 is 0 Å². The lowest BCUT2D eigenvalue weighted by molar-refractivity contribution is 0.669. The van der Waals surface area contributed by atoms with Gasteiger partial charge in [0.1, 0.15) is 11.2 Å². The number of nitrogens with zero attached hydrogens (tertiary/aromatic N) is 3. The molecule has 7 aromatic carbocycles. The zero-order valence-corrected chi connectivity index (χ0v) is 28.9. The predicted octanol–water partition coefficient (Wildman–Crippen LogP) is 12.7. The normalized spacial score (nSPS) is 14.2. The average molecular weight is 680 g/mol. The Bertz CT molecular complexity index is 2850. The van der Waals surface area contributed by atoms with E-state index in [1.807, 2.05) is 48.5 Å². The minimum Gasteiger partial charge on any atom is -0.456 e. The molecule has 0 N–H and O–H groups in total. The van der Waals surface area contributed by atoms with E-state index in [9.17, 15) is 0 Å². The maximum Gasteiger partial charge on any atom is 0.164 e. The molecule has 1 aliphatic rings. The number of hydrogen-bond donors (Lipinski definition) is 0. The van der Waals surface area contributed by atoms with Crippen molar-refractivity contribution in [2.45, 2.75) is 12.3 Å². The van der Waals surface area contributed by atoms with Crippen LogP contribution in [0.5, 0.6) is 0 Å². The number of fused-ring (bicyclic) bond motifs is 4. The minimum absolute atomic E-state index is 0.355. The molecule has 0 amide bonds. The molecule has 0 spiro atoms. The zero-order chi connectivity index (χ0) is 35.1. The Labute approximate surface area is 307 Å². The van der Waals surface area contributed by atoms with Gasteiger partial charge < -0.3 is 4.42 Å². The first-order valence-corrected chi connectivity index (χ1v) is 18.0. The van der Waals surface area contributed by atoms with Crippen LogP contribution in [0.4, 0.5) is 0 Å². The molecule has 53 heavy (non-hydrogen) atoms. The molecule has 2 aromatic heterocycles. The van der Waals surface area contributed by atoms with Gasteiger partial charge in [-0.2, -0.15) is 0 Å². The molecule has 10 rings (SSSR count). The summed E-state index contributed by atoms with van der Waals surface area (Å²) in [6, 6.07) is 56.9. The summed E-state index contributed by atoms with van der Waals surface area (Å²) in [5, 5.41) is 4.58. The quantitative estimate of drug-likeness (QED) is 0.175. The molecule has 1 unspecified atom stereocenters. The van der Waals surface area contributed by atoms with E-state index in [1.54, 1.807) is 0 Å². The first kappa shape index (κ1) is 30.9. The van der Waals surface area contributed by atoms with Crippen LogP contribution in [0.2, 0.25) is 0 Å². The summed E-state index contributed by atoms with van der Waals surface area (Å²) >= 11 is 0. The highest BCUT2D eigenvalue weighted by molar-refractivity contribution is 6.12. The van der Waals surface area contributed by atoms with E-state index in [1.165, 1.54) is 27.5 Å². The molecule has 0 aliphatic heterocycles. The van der Waals surface area contributed by atoms with Gasteiger partial charge in [-0.3, -0.25) is 0 Å². The Balaban J connectivity index is 1.01. The lowest BCUT2D eigenvalue weighted by Crippen LogP contribution is -2.00. The van der Waals surface area contributed by atoms with E-state index in [-0.39, 0.29) is 0 Å². The molecule has 4 heteroatoms. The van der Waals surface area contributed by atoms with Crippen molar-refractivity contribution in [2.24, 2.45) is 0 Å². The SMILES string of the molecule is C1=CC(c2ccc3ccccc3c2)CC=C1c1ccc2c(c1)oc1cccc(-c3nc(-c4ccccc4)nc(-c4ccc(-c5ccccc5)cc4)n3)c12. The van der Waals surface area contributed by atoms with Crippen molar-refractivity contribution in [1.82, 2.24) is 15.0 Å². The average Bonchev–Trinajstić information content (AvgIpc) is 3.62. The van der Waals surface area contributed by atoms with Crippen LogP contribution in [-0.2, 0) is 0 Å². The van der Waals surface area contributed by atoms with Gasteiger partial charge in [0.05, 0.1) is 0 Å². The molecule has 0 saturated heterocycles. The van der Waals surface area contributed by atoms with E-state index in [2.05, 4.69) is 133 Å². The minimum atomic E-state index is 0.355. The van der Waals surface area contributed by atoms with Gasteiger partial charge in [0.15, 0.2) is 17.5 Å². The Morgan fingerprint density at radius 2 is 1.11 bits per heavy atom. The Morgan fingerprint density at radius 1 is 0.472 bits per heavy atom. The largest absolute Gasteiger partial charge is 0.456 e. The Morgan fingerprint density at radius 3 is 1.87 bits per heavy atom. The third-order valence-corrected chi connectivity index (χ3v) is 10.3. The van der Waals surface area contributed by atoms with Gasteiger partial charge >= 0.3 is 0 Å². The van der Waals surface area contributed by atoms with Crippen LogP contribution in [0, 0.1) is 0 Å². The summed E-state index contributed by atoms with van der Waals surface area (Å²) in [6.45, 7) is 0. The van der Waals surface area contributed by atoms with Gasteiger partial charge in [0.2, 0.25) is 0 Å². The van der Waals surface area contributed by atoms with Gasteiger partial charge in [-0.15, -0.1) is 0 Å². The number of benzene rings is 7. The third-order valence-electron chi connectivity index (χ3n) is 10.3. The number of rotatable bonds is 6. The predicted molar refractivity (Wildman–Crippen MR) is 217 cm³/mol. The summed E-state index contributed by atoms with van der Waals surface area (Å²) in [5.74, 6) is 2.21. The lowest BCUT2D eigenvalue weighted by Gasteiger charge is -2.17.